The van der Waals surface area contributed by atoms with E-state index in [0.717, 1.165) is 12.0 Å². The van der Waals surface area contributed by atoms with Crippen molar-refractivity contribution in [3.05, 3.63) is 23.8 Å². The van der Waals surface area contributed by atoms with E-state index in [2.05, 4.69) is 26.1 Å². The molecule has 6 heteroatoms. The van der Waals surface area contributed by atoms with Gasteiger partial charge in [-0.05, 0) is 70.1 Å². The summed E-state index contributed by atoms with van der Waals surface area (Å²) in [5.41, 5.74) is 0.378. The average molecular weight is 422 g/mol. The van der Waals surface area contributed by atoms with Crippen LogP contribution in [0.25, 0.3) is 0 Å². The summed E-state index contributed by atoms with van der Waals surface area (Å²) in [5, 5.41) is 2.77. The molecule has 1 aromatic rings. The Morgan fingerprint density at radius 2 is 1.73 bits per heavy atom. The summed E-state index contributed by atoms with van der Waals surface area (Å²) in [6.07, 6.45) is 1.81. The molecule has 0 saturated carbocycles. The van der Waals surface area contributed by atoms with Gasteiger partial charge in [0, 0.05) is 6.42 Å². The largest absolute Gasteiger partial charge is 0.493 e. The van der Waals surface area contributed by atoms with Gasteiger partial charge >= 0.3 is 6.09 Å². The third kappa shape index (κ3) is 9.99. The molecule has 6 nitrogen and oxygen atoms in total. The predicted molar refractivity (Wildman–Crippen MR) is 119 cm³/mol. The number of aryl methyl sites for hydroxylation is 1. The van der Waals surface area contributed by atoms with E-state index in [1.54, 1.807) is 27.9 Å². The van der Waals surface area contributed by atoms with Crippen molar-refractivity contribution in [2.45, 2.75) is 85.8 Å². The van der Waals surface area contributed by atoms with Gasteiger partial charge in [-0.1, -0.05) is 26.8 Å². The van der Waals surface area contributed by atoms with Crippen LogP contribution in [0.2, 0.25) is 0 Å². The number of rotatable bonds is 10. The summed E-state index contributed by atoms with van der Waals surface area (Å²) < 4.78 is 16.3. The number of benzene rings is 1. The number of methoxy groups -OCH3 is 1. The molecule has 0 unspecified atom stereocenters. The van der Waals surface area contributed by atoms with E-state index in [-0.39, 0.29) is 11.2 Å². The zero-order chi connectivity index (χ0) is 22.9. The van der Waals surface area contributed by atoms with E-state index >= 15 is 0 Å². The second kappa shape index (κ2) is 11.2. The second-order valence-electron chi connectivity index (χ2n) is 9.70. The maximum atomic E-state index is 12.9. The fourth-order valence-corrected chi connectivity index (χ4v) is 3.09. The van der Waals surface area contributed by atoms with Crippen LogP contribution in [-0.4, -0.2) is 37.2 Å². The highest BCUT2D eigenvalue weighted by Gasteiger charge is 2.28. The SMILES string of the molecule is CCOc1cc(CCCC(=O)[C@@H](CC(C)(C)C)NC(=O)OC(C)(C)C)ccc1OC. The first-order chi connectivity index (χ1) is 13.8. The van der Waals surface area contributed by atoms with E-state index in [0.29, 0.717) is 37.4 Å². The molecule has 0 spiro atoms. The van der Waals surface area contributed by atoms with Gasteiger partial charge in [-0.3, -0.25) is 4.79 Å². The lowest BCUT2D eigenvalue weighted by Gasteiger charge is -2.27. The molecule has 0 aliphatic heterocycles. The number of ether oxygens (including phenoxy) is 3. The molecule has 0 bridgehead atoms. The molecule has 0 saturated heterocycles. The summed E-state index contributed by atoms with van der Waals surface area (Å²) in [6, 6.07) is 5.26. The zero-order valence-corrected chi connectivity index (χ0v) is 19.9. The number of carbonyl (C=O) groups is 2. The molecule has 1 atom stereocenters. The van der Waals surface area contributed by atoms with Crippen molar-refractivity contribution < 1.29 is 23.8 Å². The molecule has 1 N–H and O–H groups in total. The normalized spacial score (nSPS) is 12.8. The number of ketones is 1. The van der Waals surface area contributed by atoms with Crippen molar-refractivity contribution in [1.82, 2.24) is 5.32 Å². The van der Waals surface area contributed by atoms with Crippen molar-refractivity contribution >= 4 is 11.9 Å². The molecule has 1 aromatic carbocycles. The molecule has 1 rings (SSSR count). The highest BCUT2D eigenvalue weighted by atomic mass is 16.6. The molecule has 0 heterocycles. The van der Waals surface area contributed by atoms with Gasteiger partial charge in [0.05, 0.1) is 19.8 Å². The second-order valence-corrected chi connectivity index (χ2v) is 9.70. The minimum absolute atomic E-state index is 0.0225. The average Bonchev–Trinajstić information content (AvgIpc) is 2.59. The van der Waals surface area contributed by atoms with Crippen LogP contribution >= 0.6 is 0 Å². The predicted octanol–water partition coefficient (Wildman–Crippen LogP) is 5.32. The van der Waals surface area contributed by atoms with Crippen LogP contribution in [0.1, 0.15) is 73.3 Å². The van der Waals surface area contributed by atoms with E-state index in [1.165, 1.54) is 0 Å². The van der Waals surface area contributed by atoms with Crippen LogP contribution in [0.5, 0.6) is 11.5 Å². The number of alkyl carbamates (subject to hydrolysis) is 1. The first-order valence-electron chi connectivity index (χ1n) is 10.7. The smallest absolute Gasteiger partial charge is 0.408 e. The Bertz CT molecular complexity index is 701. The lowest BCUT2D eigenvalue weighted by molar-refractivity contribution is -0.121. The topological polar surface area (TPSA) is 73.9 Å². The number of carbonyl (C=O) groups excluding carboxylic acids is 2. The fraction of sp³-hybridized carbons (Fsp3) is 0.667. The number of Topliss-reactive ketones (excluding diaryl/α,β-unsaturated/α-hetero) is 1. The summed E-state index contributed by atoms with van der Waals surface area (Å²) in [7, 11) is 1.61. The van der Waals surface area contributed by atoms with Crippen molar-refractivity contribution in [3.63, 3.8) is 0 Å². The summed E-state index contributed by atoms with van der Waals surface area (Å²) in [5.74, 6) is 1.43. The lowest BCUT2D eigenvalue weighted by Crippen LogP contribution is -2.45. The highest BCUT2D eigenvalue weighted by Crippen LogP contribution is 2.29. The third-order valence-corrected chi connectivity index (χ3v) is 4.31. The van der Waals surface area contributed by atoms with E-state index < -0.39 is 17.7 Å². The minimum atomic E-state index is -0.605. The lowest BCUT2D eigenvalue weighted by atomic mass is 9.85. The summed E-state index contributed by atoms with van der Waals surface area (Å²) in [6.45, 7) is 14.1. The van der Waals surface area contributed by atoms with Gasteiger partial charge in [0.2, 0.25) is 0 Å². The molecule has 170 valence electrons. The van der Waals surface area contributed by atoms with Gasteiger partial charge in [-0.2, -0.15) is 0 Å². The van der Waals surface area contributed by atoms with Crippen LogP contribution in [0, 0.1) is 5.41 Å². The maximum Gasteiger partial charge on any atom is 0.408 e. The van der Waals surface area contributed by atoms with E-state index in [9.17, 15) is 9.59 Å². The monoisotopic (exact) mass is 421 g/mol. The third-order valence-electron chi connectivity index (χ3n) is 4.31. The maximum absolute atomic E-state index is 12.9. The van der Waals surface area contributed by atoms with Crippen molar-refractivity contribution in [2.24, 2.45) is 5.41 Å². The minimum Gasteiger partial charge on any atom is -0.493 e. The van der Waals surface area contributed by atoms with Crippen molar-refractivity contribution in [3.8, 4) is 11.5 Å². The Morgan fingerprint density at radius 1 is 1.07 bits per heavy atom. The molecule has 0 aliphatic rings. The Balaban J connectivity index is 2.73. The van der Waals surface area contributed by atoms with Gasteiger partial charge < -0.3 is 19.5 Å². The van der Waals surface area contributed by atoms with Gasteiger partial charge in [0.25, 0.3) is 0 Å². The zero-order valence-electron chi connectivity index (χ0n) is 19.9. The molecular weight excluding hydrogens is 382 g/mol. The number of nitrogens with one attached hydrogen (secondary N) is 1. The highest BCUT2D eigenvalue weighted by molar-refractivity contribution is 5.87. The van der Waals surface area contributed by atoms with Crippen molar-refractivity contribution in [1.29, 1.82) is 0 Å². The standard InChI is InChI=1S/C24H39NO5/c1-9-29-21-15-17(13-14-20(21)28-8)11-10-12-19(26)18(16-23(2,3)4)25-22(27)30-24(5,6)7/h13-15,18H,9-12,16H2,1-8H3,(H,25,27)/t18-/m1/s1. The van der Waals surface area contributed by atoms with Crippen LogP contribution in [0.15, 0.2) is 18.2 Å². The molecule has 1 amide bonds. The van der Waals surface area contributed by atoms with Gasteiger partial charge in [-0.25, -0.2) is 4.79 Å². The Morgan fingerprint density at radius 3 is 2.27 bits per heavy atom. The molecule has 0 aromatic heterocycles. The van der Waals surface area contributed by atoms with Crippen LogP contribution in [-0.2, 0) is 16.0 Å². The summed E-state index contributed by atoms with van der Waals surface area (Å²) >= 11 is 0. The Labute approximate surface area is 181 Å². The van der Waals surface area contributed by atoms with Crippen LogP contribution < -0.4 is 14.8 Å². The Hall–Kier alpha value is -2.24. The molecule has 0 fully saturated rings. The first kappa shape index (κ1) is 25.8. The quantitative estimate of drug-likeness (QED) is 0.554. The van der Waals surface area contributed by atoms with E-state index in [1.807, 2.05) is 25.1 Å². The number of hydrogen-bond acceptors (Lipinski definition) is 5. The molecule has 0 aliphatic carbocycles. The van der Waals surface area contributed by atoms with Crippen LogP contribution in [0.3, 0.4) is 0 Å². The number of hydrogen-bond donors (Lipinski definition) is 1. The molecule has 0 radical (unpaired) electrons. The first-order valence-corrected chi connectivity index (χ1v) is 10.7. The van der Waals surface area contributed by atoms with Gasteiger partial charge in [-0.15, -0.1) is 0 Å². The van der Waals surface area contributed by atoms with Crippen molar-refractivity contribution in [2.75, 3.05) is 13.7 Å². The van der Waals surface area contributed by atoms with Gasteiger partial charge in [0.15, 0.2) is 17.3 Å². The van der Waals surface area contributed by atoms with Crippen LogP contribution in [0.4, 0.5) is 4.79 Å². The summed E-state index contributed by atoms with van der Waals surface area (Å²) in [4.78, 5) is 25.1. The van der Waals surface area contributed by atoms with E-state index in [4.69, 9.17) is 14.2 Å². The number of amides is 1. The Kier molecular flexibility index (Phi) is 9.66. The molecular formula is C24H39NO5. The fourth-order valence-electron chi connectivity index (χ4n) is 3.09. The van der Waals surface area contributed by atoms with Gasteiger partial charge in [0.1, 0.15) is 5.60 Å². The molecule has 30 heavy (non-hydrogen) atoms.